The van der Waals surface area contributed by atoms with Gasteiger partial charge in [0.1, 0.15) is 17.4 Å². The first-order chi connectivity index (χ1) is 17.0. The molecule has 1 aromatic rings. The highest BCUT2D eigenvalue weighted by Gasteiger charge is 2.41. The minimum atomic E-state index is -1.01. The summed E-state index contributed by atoms with van der Waals surface area (Å²) in [5, 5.41) is 16.0. The van der Waals surface area contributed by atoms with Crippen LogP contribution >= 0.6 is 0 Å². The van der Waals surface area contributed by atoms with Crippen molar-refractivity contribution in [2.45, 2.75) is 63.1 Å². The number of halogens is 1. The zero-order valence-corrected chi connectivity index (χ0v) is 20.3. The van der Waals surface area contributed by atoms with Crippen LogP contribution < -0.4 is 10.6 Å². The van der Waals surface area contributed by atoms with Crippen molar-refractivity contribution in [3.8, 4) is 6.07 Å². The van der Waals surface area contributed by atoms with E-state index >= 15 is 0 Å². The third-order valence-electron chi connectivity index (χ3n) is 7.45. The fraction of sp³-hybridized carbons (Fsp3) is 0.654. The highest BCUT2D eigenvalue weighted by molar-refractivity contribution is 5.88. The molecule has 2 atom stereocenters. The molecule has 0 radical (unpaired) electrons. The highest BCUT2D eigenvalue weighted by atomic mass is 19.1. The fourth-order valence-corrected chi connectivity index (χ4v) is 5.41. The van der Waals surface area contributed by atoms with Crippen molar-refractivity contribution in [2.75, 3.05) is 39.4 Å². The van der Waals surface area contributed by atoms with Gasteiger partial charge in [-0.3, -0.25) is 9.69 Å². The number of carbonyl (C=O) groups excluding carboxylic acids is 2. The number of benzene rings is 1. The summed E-state index contributed by atoms with van der Waals surface area (Å²) in [5.41, 5.74) is -0.0505. The first-order valence-electron chi connectivity index (χ1n) is 12.8. The average molecular weight is 486 g/mol. The zero-order chi connectivity index (χ0) is 24.7. The normalized spacial score (nSPS) is 24.5. The van der Waals surface area contributed by atoms with Gasteiger partial charge in [-0.2, -0.15) is 5.26 Å². The van der Waals surface area contributed by atoms with E-state index in [0.717, 1.165) is 31.2 Å². The molecule has 8 nitrogen and oxygen atoms in total. The Kier molecular flexibility index (Phi) is 8.58. The lowest BCUT2D eigenvalue weighted by Gasteiger charge is -2.32. The van der Waals surface area contributed by atoms with E-state index in [1.807, 2.05) is 0 Å². The van der Waals surface area contributed by atoms with E-state index in [-0.39, 0.29) is 17.8 Å². The van der Waals surface area contributed by atoms with Gasteiger partial charge in [0.2, 0.25) is 5.91 Å². The summed E-state index contributed by atoms with van der Waals surface area (Å²) in [7, 11) is 0. The van der Waals surface area contributed by atoms with Gasteiger partial charge in [0, 0.05) is 32.7 Å². The fourth-order valence-electron chi connectivity index (χ4n) is 5.41. The van der Waals surface area contributed by atoms with Crippen LogP contribution in [0.2, 0.25) is 0 Å². The van der Waals surface area contributed by atoms with Crippen LogP contribution in [0.15, 0.2) is 24.3 Å². The molecule has 1 aromatic carbocycles. The summed E-state index contributed by atoms with van der Waals surface area (Å²) in [4.78, 5) is 30.2. The summed E-state index contributed by atoms with van der Waals surface area (Å²) in [5.74, 6) is -0.180. The van der Waals surface area contributed by atoms with E-state index in [9.17, 15) is 19.2 Å². The predicted molar refractivity (Wildman–Crippen MR) is 129 cm³/mol. The molecule has 2 unspecified atom stereocenters. The molecule has 2 heterocycles. The topological polar surface area (TPSA) is 97.7 Å². The number of likely N-dealkylation sites (tertiary alicyclic amines) is 1. The molecule has 2 aliphatic heterocycles. The molecule has 1 aliphatic carbocycles. The predicted octanol–water partition coefficient (Wildman–Crippen LogP) is 2.79. The number of nitrogens with one attached hydrogen (secondary N) is 2. The molecule has 190 valence electrons. The minimum Gasteiger partial charge on any atom is -0.378 e. The number of urea groups is 1. The van der Waals surface area contributed by atoms with Crippen molar-refractivity contribution < 1.29 is 18.7 Å². The Morgan fingerprint density at radius 1 is 1.14 bits per heavy atom. The largest absolute Gasteiger partial charge is 0.378 e. The lowest BCUT2D eigenvalue weighted by molar-refractivity contribution is -0.124. The average Bonchev–Trinajstić information content (AvgIpc) is 3.28. The van der Waals surface area contributed by atoms with E-state index < -0.39 is 11.6 Å². The molecule has 3 aliphatic rings. The minimum absolute atomic E-state index is 0.250. The van der Waals surface area contributed by atoms with E-state index in [1.54, 1.807) is 17.0 Å². The van der Waals surface area contributed by atoms with Gasteiger partial charge < -0.3 is 20.3 Å². The first kappa shape index (κ1) is 25.4. The Hall–Kier alpha value is -2.70. The molecule has 0 spiro atoms. The van der Waals surface area contributed by atoms with Crippen LogP contribution in [-0.4, -0.2) is 72.7 Å². The van der Waals surface area contributed by atoms with Crippen LogP contribution in [0.25, 0.3) is 0 Å². The number of hydrogen-bond donors (Lipinski definition) is 2. The first-order valence-corrected chi connectivity index (χ1v) is 12.8. The molecular weight excluding hydrogens is 449 g/mol. The van der Waals surface area contributed by atoms with Crippen LogP contribution in [0, 0.1) is 23.1 Å². The molecule has 1 saturated carbocycles. The molecule has 4 rings (SSSR count). The number of ether oxygens (including phenoxy) is 1. The zero-order valence-electron chi connectivity index (χ0n) is 20.3. The summed E-state index contributed by atoms with van der Waals surface area (Å²) >= 11 is 0. The third-order valence-corrected chi connectivity index (χ3v) is 7.45. The van der Waals surface area contributed by atoms with Gasteiger partial charge in [0.15, 0.2) is 0 Å². The number of morpholine rings is 1. The van der Waals surface area contributed by atoms with Crippen molar-refractivity contribution in [2.24, 2.45) is 5.92 Å². The standard InChI is InChI=1S/C26H36FN5O3/c27-22-8-6-21(7-9-22)17-31-11-10-26(18-28,19-31)30-24(33)23(16-20-4-2-1-3-5-20)29-25(34)32-12-14-35-15-13-32/h6-9,20,23H,1-5,10-17,19H2,(H,29,34)(H,30,33). The quantitative estimate of drug-likeness (QED) is 0.619. The van der Waals surface area contributed by atoms with Gasteiger partial charge in [0.25, 0.3) is 0 Å². The van der Waals surface area contributed by atoms with Crippen LogP contribution in [0.4, 0.5) is 9.18 Å². The second-order valence-electron chi connectivity index (χ2n) is 10.1. The number of amides is 3. The van der Waals surface area contributed by atoms with Gasteiger partial charge >= 0.3 is 6.03 Å². The van der Waals surface area contributed by atoms with Crippen molar-refractivity contribution in [3.05, 3.63) is 35.6 Å². The van der Waals surface area contributed by atoms with E-state index in [0.29, 0.717) is 64.7 Å². The van der Waals surface area contributed by atoms with Crippen molar-refractivity contribution in [3.63, 3.8) is 0 Å². The van der Waals surface area contributed by atoms with Crippen molar-refractivity contribution in [1.29, 1.82) is 5.26 Å². The van der Waals surface area contributed by atoms with Crippen LogP contribution in [0.5, 0.6) is 0 Å². The molecule has 9 heteroatoms. The second kappa shape index (κ2) is 11.8. The SMILES string of the molecule is N#CC1(NC(=O)C(CC2CCCCC2)NC(=O)N2CCOCC2)CCN(Cc2ccc(F)cc2)C1. The number of hydrogen-bond acceptors (Lipinski definition) is 5. The Morgan fingerprint density at radius 2 is 1.86 bits per heavy atom. The molecule has 2 saturated heterocycles. The van der Waals surface area contributed by atoms with Gasteiger partial charge in [0.05, 0.1) is 19.3 Å². The van der Waals surface area contributed by atoms with E-state index in [2.05, 4.69) is 21.6 Å². The number of rotatable bonds is 7. The molecule has 3 fully saturated rings. The Balaban J connectivity index is 1.40. The summed E-state index contributed by atoms with van der Waals surface area (Å²) in [6.07, 6.45) is 6.73. The maximum absolute atomic E-state index is 13.5. The summed E-state index contributed by atoms with van der Waals surface area (Å²) in [6.45, 7) is 3.62. The van der Waals surface area contributed by atoms with Gasteiger partial charge in [-0.1, -0.05) is 44.2 Å². The number of nitrogens with zero attached hydrogens (tertiary/aromatic N) is 3. The van der Waals surface area contributed by atoms with Crippen LogP contribution in [0.1, 0.15) is 50.5 Å². The third kappa shape index (κ3) is 6.92. The van der Waals surface area contributed by atoms with Crippen LogP contribution in [0.3, 0.4) is 0 Å². The van der Waals surface area contributed by atoms with E-state index in [4.69, 9.17) is 4.74 Å². The molecule has 0 aromatic heterocycles. The molecule has 0 bridgehead atoms. The maximum atomic E-state index is 13.5. The monoisotopic (exact) mass is 485 g/mol. The smallest absolute Gasteiger partial charge is 0.318 e. The van der Waals surface area contributed by atoms with Gasteiger partial charge in [-0.15, -0.1) is 0 Å². The van der Waals surface area contributed by atoms with Gasteiger partial charge in [-0.05, 0) is 36.5 Å². The molecule has 35 heavy (non-hydrogen) atoms. The molecule has 3 amide bonds. The lowest BCUT2D eigenvalue weighted by atomic mass is 9.84. The summed E-state index contributed by atoms with van der Waals surface area (Å²) in [6, 6.07) is 7.74. The number of carbonyl (C=O) groups is 2. The Bertz CT molecular complexity index is 909. The second-order valence-corrected chi connectivity index (χ2v) is 10.1. The van der Waals surface area contributed by atoms with Crippen molar-refractivity contribution >= 4 is 11.9 Å². The van der Waals surface area contributed by atoms with E-state index in [1.165, 1.54) is 18.6 Å². The van der Waals surface area contributed by atoms with Crippen molar-refractivity contribution in [1.82, 2.24) is 20.4 Å². The number of nitriles is 1. The lowest BCUT2D eigenvalue weighted by Crippen LogP contribution is -2.58. The highest BCUT2D eigenvalue weighted by Crippen LogP contribution is 2.28. The summed E-state index contributed by atoms with van der Waals surface area (Å²) < 4.78 is 18.6. The maximum Gasteiger partial charge on any atom is 0.318 e. The van der Waals surface area contributed by atoms with Gasteiger partial charge in [-0.25, -0.2) is 9.18 Å². The molecular formula is C26H36FN5O3. The molecule has 2 N–H and O–H groups in total. The Labute approximate surface area is 206 Å². The van der Waals surface area contributed by atoms with Crippen LogP contribution in [-0.2, 0) is 16.1 Å². The Morgan fingerprint density at radius 3 is 2.54 bits per heavy atom.